The number of piperidine rings is 1. The van der Waals surface area contributed by atoms with Gasteiger partial charge in [0.15, 0.2) is 0 Å². The first-order valence-electron chi connectivity index (χ1n) is 8.19. The van der Waals surface area contributed by atoms with Gasteiger partial charge in [0.1, 0.15) is 6.54 Å². The van der Waals surface area contributed by atoms with Crippen molar-refractivity contribution in [3.05, 3.63) is 30.0 Å². The summed E-state index contributed by atoms with van der Waals surface area (Å²) in [5, 5.41) is 0.805. The van der Waals surface area contributed by atoms with Crippen molar-refractivity contribution in [2.45, 2.75) is 38.5 Å². The van der Waals surface area contributed by atoms with Crippen LogP contribution in [-0.4, -0.2) is 41.8 Å². The molecule has 4 nitrogen and oxygen atoms in total. The van der Waals surface area contributed by atoms with E-state index in [0.717, 1.165) is 37.0 Å². The van der Waals surface area contributed by atoms with E-state index in [0.29, 0.717) is 17.3 Å². The summed E-state index contributed by atoms with van der Waals surface area (Å²) < 4.78 is 39.7. The van der Waals surface area contributed by atoms with Crippen LogP contribution in [0.4, 0.5) is 18.9 Å². The quantitative estimate of drug-likeness (QED) is 0.836. The Morgan fingerprint density at radius 2 is 1.92 bits per heavy atom. The van der Waals surface area contributed by atoms with Crippen LogP contribution in [0.5, 0.6) is 0 Å². The maximum atomic E-state index is 12.8. The number of rotatable bonds is 4. The van der Waals surface area contributed by atoms with Gasteiger partial charge in [-0.3, -0.25) is 0 Å². The first-order valence-corrected chi connectivity index (χ1v) is 8.19. The summed E-state index contributed by atoms with van der Waals surface area (Å²) in [6, 6.07) is 7.58. The van der Waals surface area contributed by atoms with E-state index in [1.807, 2.05) is 6.07 Å². The number of aryl methyl sites for hydroxylation is 1. The molecule has 1 saturated heterocycles. The number of aromatic nitrogens is 1. The van der Waals surface area contributed by atoms with E-state index in [1.54, 1.807) is 25.1 Å². The zero-order chi connectivity index (χ0) is 17.3. The maximum absolute atomic E-state index is 12.8. The largest absolute Gasteiger partial charge is 0.406 e. The van der Waals surface area contributed by atoms with E-state index in [9.17, 15) is 13.2 Å². The number of hydrogen-bond donors (Lipinski definition) is 2. The molecule has 0 amide bonds. The van der Waals surface area contributed by atoms with Crippen LogP contribution < -0.4 is 10.9 Å². The molecule has 0 radical (unpaired) electrons. The molecule has 0 atom stereocenters. The molecule has 1 aromatic carbocycles. The van der Waals surface area contributed by atoms with Crippen LogP contribution >= 0.6 is 0 Å². The summed E-state index contributed by atoms with van der Waals surface area (Å²) in [5.74, 6) is 0. The molecule has 1 aliphatic rings. The zero-order valence-corrected chi connectivity index (χ0v) is 14.0. The van der Waals surface area contributed by atoms with Crippen LogP contribution in [0.2, 0.25) is 0 Å². The SMILES string of the molecule is Cc1cc2c(NNC3CCN(C)CC3)cccc2n1CC(F)(F)F. The molecule has 3 rings (SSSR count). The van der Waals surface area contributed by atoms with Gasteiger partial charge in [-0.2, -0.15) is 13.2 Å². The lowest BCUT2D eigenvalue weighted by molar-refractivity contribution is -0.140. The highest BCUT2D eigenvalue weighted by atomic mass is 19.4. The third-order valence-electron chi connectivity index (χ3n) is 4.62. The first kappa shape index (κ1) is 17.1. The highest BCUT2D eigenvalue weighted by molar-refractivity contribution is 5.93. The highest BCUT2D eigenvalue weighted by Crippen LogP contribution is 2.29. The summed E-state index contributed by atoms with van der Waals surface area (Å²) in [7, 11) is 2.11. The molecule has 0 unspecified atom stereocenters. The summed E-state index contributed by atoms with van der Waals surface area (Å²) in [6.07, 6.45) is -2.13. The molecule has 1 aromatic heterocycles. The standard InChI is InChI=1S/C17H23F3N4/c1-12-10-14-15(22-21-13-6-8-23(2)9-7-13)4-3-5-16(14)24(12)11-17(18,19)20/h3-5,10,13,21-22H,6-9,11H2,1-2H3. The molecule has 7 heteroatoms. The van der Waals surface area contributed by atoms with E-state index in [1.165, 1.54) is 4.57 Å². The summed E-state index contributed by atoms with van der Waals surface area (Å²) in [6.45, 7) is 2.84. The number of hydrazine groups is 1. The van der Waals surface area contributed by atoms with Gasteiger partial charge in [-0.25, -0.2) is 5.43 Å². The molecular weight excluding hydrogens is 317 g/mol. The molecule has 0 bridgehead atoms. The van der Waals surface area contributed by atoms with E-state index in [-0.39, 0.29) is 0 Å². The molecule has 0 saturated carbocycles. The van der Waals surface area contributed by atoms with Crippen molar-refractivity contribution in [1.82, 2.24) is 14.9 Å². The fraction of sp³-hybridized carbons (Fsp3) is 0.529. The average Bonchev–Trinajstić information content (AvgIpc) is 2.82. The number of nitrogens with one attached hydrogen (secondary N) is 2. The molecule has 2 heterocycles. The van der Waals surface area contributed by atoms with Crippen molar-refractivity contribution in [3.8, 4) is 0 Å². The molecule has 0 spiro atoms. The minimum Gasteiger partial charge on any atom is -0.336 e. The predicted octanol–water partition coefficient (Wildman–Crippen LogP) is 3.52. The fourth-order valence-corrected chi connectivity index (χ4v) is 3.25. The Morgan fingerprint density at radius 3 is 2.58 bits per heavy atom. The van der Waals surface area contributed by atoms with Crippen molar-refractivity contribution >= 4 is 16.6 Å². The van der Waals surface area contributed by atoms with Crippen LogP contribution in [-0.2, 0) is 6.54 Å². The van der Waals surface area contributed by atoms with Gasteiger partial charge in [0.25, 0.3) is 0 Å². The lowest BCUT2D eigenvalue weighted by atomic mass is 10.1. The van der Waals surface area contributed by atoms with E-state index < -0.39 is 12.7 Å². The Balaban J connectivity index is 1.78. The maximum Gasteiger partial charge on any atom is 0.406 e. The van der Waals surface area contributed by atoms with Gasteiger partial charge in [-0.15, -0.1) is 0 Å². The number of anilines is 1. The molecule has 132 valence electrons. The number of nitrogens with zero attached hydrogens (tertiary/aromatic N) is 2. The van der Waals surface area contributed by atoms with Crippen molar-refractivity contribution in [2.75, 3.05) is 25.6 Å². The molecule has 24 heavy (non-hydrogen) atoms. The normalized spacial score (nSPS) is 17.5. The predicted molar refractivity (Wildman–Crippen MR) is 90.0 cm³/mol. The summed E-state index contributed by atoms with van der Waals surface area (Å²) in [4.78, 5) is 2.29. The van der Waals surface area contributed by atoms with Gasteiger partial charge < -0.3 is 14.9 Å². The van der Waals surface area contributed by atoms with Crippen LogP contribution in [0.25, 0.3) is 10.9 Å². The van der Waals surface area contributed by atoms with Gasteiger partial charge in [0, 0.05) is 17.1 Å². The first-order chi connectivity index (χ1) is 11.3. The minimum absolute atomic E-state index is 0.370. The van der Waals surface area contributed by atoms with Crippen LogP contribution in [0.1, 0.15) is 18.5 Å². The Bertz CT molecular complexity index is 700. The number of alkyl halides is 3. The fourth-order valence-electron chi connectivity index (χ4n) is 3.25. The molecule has 0 aliphatic carbocycles. The Hall–Kier alpha value is -1.73. The van der Waals surface area contributed by atoms with Gasteiger partial charge in [0.2, 0.25) is 0 Å². The number of benzene rings is 1. The Morgan fingerprint density at radius 1 is 1.21 bits per heavy atom. The van der Waals surface area contributed by atoms with E-state index >= 15 is 0 Å². The van der Waals surface area contributed by atoms with E-state index in [4.69, 9.17) is 0 Å². The molecule has 2 N–H and O–H groups in total. The Kier molecular flexibility index (Phi) is 4.73. The molecule has 2 aromatic rings. The third-order valence-corrected chi connectivity index (χ3v) is 4.62. The Labute approximate surface area is 139 Å². The van der Waals surface area contributed by atoms with Crippen molar-refractivity contribution in [1.29, 1.82) is 0 Å². The van der Waals surface area contributed by atoms with Crippen molar-refractivity contribution < 1.29 is 13.2 Å². The summed E-state index contributed by atoms with van der Waals surface area (Å²) in [5.41, 5.74) is 8.55. The van der Waals surface area contributed by atoms with Gasteiger partial charge in [0.05, 0.1) is 11.2 Å². The van der Waals surface area contributed by atoms with Crippen LogP contribution in [0.15, 0.2) is 24.3 Å². The third kappa shape index (κ3) is 3.84. The van der Waals surface area contributed by atoms with Crippen LogP contribution in [0, 0.1) is 6.92 Å². The van der Waals surface area contributed by atoms with Crippen molar-refractivity contribution in [2.24, 2.45) is 0 Å². The second-order valence-electron chi connectivity index (χ2n) is 6.57. The van der Waals surface area contributed by atoms with Crippen molar-refractivity contribution in [3.63, 3.8) is 0 Å². The average molecular weight is 340 g/mol. The minimum atomic E-state index is -4.23. The highest BCUT2D eigenvalue weighted by Gasteiger charge is 2.29. The zero-order valence-electron chi connectivity index (χ0n) is 14.0. The molecular formula is C17H23F3N4. The molecule has 1 fully saturated rings. The number of halogens is 3. The van der Waals surface area contributed by atoms with Crippen LogP contribution in [0.3, 0.4) is 0 Å². The molecule has 1 aliphatic heterocycles. The second-order valence-corrected chi connectivity index (χ2v) is 6.57. The number of likely N-dealkylation sites (tertiary alicyclic amines) is 1. The smallest absolute Gasteiger partial charge is 0.336 e. The number of hydrogen-bond acceptors (Lipinski definition) is 3. The van der Waals surface area contributed by atoms with Gasteiger partial charge in [-0.05, 0) is 58.1 Å². The van der Waals surface area contributed by atoms with Gasteiger partial charge >= 0.3 is 6.18 Å². The lowest BCUT2D eigenvalue weighted by Gasteiger charge is -2.30. The lowest BCUT2D eigenvalue weighted by Crippen LogP contribution is -2.43. The number of fused-ring (bicyclic) bond motifs is 1. The summed E-state index contributed by atoms with van der Waals surface area (Å²) >= 11 is 0. The van der Waals surface area contributed by atoms with Gasteiger partial charge in [-0.1, -0.05) is 6.07 Å². The topological polar surface area (TPSA) is 32.2 Å². The van der Waals surface area contributed by atoms with E-state index in [2.05, 4.69) is 22.8 Å². The monoisotopic (exact) mass is 340 g/mol. The second kappa shape index (κ2) is 6.64.